The summed E-state index contributed by atoms with van der Waals surface area (Å²) in [6.07, 6.45) is -0.632. The van der Waals surface area contributed by atoms with E-state index >= 15 is 0 Å². The third kappa shape index (κ3) is 7.02. The lowest BCUT2D eigenvalue weighted by Gasteiger charge is -2.23. The van der Waals surface area contributed by atoms with E-state index < -0.39 is 59.8 Å². The number of nitrogens with zero attached hydrogens (tertiary/aromatic N) is 1. The number of rotatable bonds is 8. The minimum absolute atomic E-state index is 0.109. The lowest BCUT2D eigenvalue weighted by molar-refractivity contribution is -0.175. The van der Waals surface area contributed by atoms with Gasteiger partial charge in [0.25, 0.3) is 5.56 Å². The summed E-state index contributed by atoms with van der Waals surface area (Å²) in [6.45, 7) is 0.0755. The van der Waals surface area contributed by atoms with Gasteiger partial charge in [-0.25, -0.2) is 22.9 Å². The van der Waals surface area contributed by atoms with Crippen LogP contribution in [0.15, 0.2) is 15.8 Å². The fraction of sp³-hybridized carbons (Fsp3) is 0.600. The van der Waals surface area contributed by atoms with Crippen molar-refractivity contribution < 1.29 is 55.5 Å². The molecule has 1 aliphatic rings. The number of phosphoric ester groups is 1. The number of alkyl halides is 1. The van der Waals surface area contributed by atoms with Crippen LogP contribution in [0.3, 0.4) is 0 Å². The van der Waals surface area contributed by atoms with E-state index in [9.17, 15) is 32.6 Å². The molecule has 0 radical (unpaired) electrons. The summed E-state index contributed by atoms with van der Waals surface area (Å²) in [6, 6.07) is 0. The molecule has 2 unspecified atom stereocenters. The molecule has 0 amide bonds. The Morgan fingerprint density at radius 1 is 1.24 bits per heavy atom. The van der Waals surface area contributed by atoms with Gasteiger partial charge in [0, 0.05) is 18.2 Å². The zero-order valence-electron chi connectivity index (χ0n) is 14.4. The van der Waals surface area contributed by atoms with Gasteiger partial charge in [0.05, 0.1) is 0 Å². The molecule has 0 aliphatic carbocycles. The van der Waals surface area contributed by atoms with Crippen molar-refractivity contribution in [3.63, 3.8) is 0 Å². The standard InChI is InChI=1S/C10H16FN2O13P3/c1-6-4-13(9(15)12-8(6)14)7-2-3-10(11,24-7)5-23-28(19,20)26-29(21,22)25-27(16,17)18/h4,7H,2-3,5H2,1H3,(H,19,20)(H,21,22)(H,12,14,15)(H2,16,17,18)/t7-,10+/m1/s1. The first-order valence-electron chi connectivity index (χ1n) is 7.48. The number of ether oxygens (including phenoxy) is 1. The number of aromatic nitrogens is 2. The van der Waals surface area contributed by atoms with E-state index in [-0.39, 0.29) is 12.0 Å². The number of hydrogen-bond acceptors (Lipinski definition) is 9. The maximum absolute atomic E-state index is 14.7. The highest BCUT2D eigenvalue weighted by Crippen LogP contribution is 2.66. The number of H-pyrrole nitrogens is 1. The van der Waals surface area contributed by atoms with Crippen LogP contribution >= 0.6 is 23.5 Å². The van der Waals surface area contributed by atoms with Crippen LogP contribution in [-0.4, -0.2) is 41.6 Å². The summed E-state index contributed by atoms with van der Waals surface area (Å²) in [5.74, 6) is -2.74. The molecule has 0 saturated carbocycles. The first-order chi connectivity index (χ1) is 13.0. The predicted octanol–water partition coefficient (Wildman–Crippen LogP) is 0.163. The Morgan fingerprint density at radius 3 is 2.45 bits per heavy atom. The van der Waals surface area contributed by atoms with Gasteiger partial charge in [0.1, 0.15) is 12.8 Å². The molecule has 0 spiro atoms. The van der Waals surface area contributed by atoms with Crippen LogP contribution in [0.5, 0.6) is 0 Å². The van der Waals surface area contributed by atoms with Crippen LogP contribution in [0.2, 0.25) is 0 Å². The third-order valence-electron chi connectivity index (χ3n) is 3.43. The van der Waals surface area contributed by atoms with Gasteiger partial charge in [-0.1, -0.05) is 0 Å². The Bertz CT molecular complexity index is 1030. The molecule has 19 heteroatoms. The zero-order chi connectivity index (χ0) is 22.3. The van der Waals surface area contributed by atoms with E-state index in [4.69, 9.17) is 19.4 Å². The van der Waals surface area contributed by atoms with Gasteiger partial charge < -0.3 is 24.3 Å². The summed E-state index contributed by atoms with van der Waals surface area (Å²) >= 11 is 0. The summed E-state index contributed by atoms with van der Waals surface area (Å²) < 4.78 is 65.1. The molecule has 5 N–H and O–H groups in total. The van der Waals surface area contributed by atoms with E-state index in [2.05, 4.69) is 13.1 Å². The van der Waals surface area contributed by atoms with Gasteiger partial charge in [-0.2, -0.15) is 8.62 Å². The predicted molar refractivity (Wildman–Crippen MR) is 89.1 cm³/mol. The molecule has 29 heavy (non-hydrogen) atoms. The molecule has 1 aromatic heterocycles. The molecule has 0 bridgehead atoms. The normalized spacial score (nSPS) is 26.8. The van der Waals surface area contributed by atoms with Crippen molar-refractivity contribution in [3.8, 4) is 0 Å². The highest BCUT2D eigenvalue weighted by Gasteiger charge is 2.46. The summed E-state index contributed by atoms with van der Waals surface area (Å²) in [5, 5.41) is 0. The third-order valence-corrected chi connectivity index (χ3v) is 7.21. The minimum Gasteiger partial charge on any atom is -0.320 e. The summed E-state index contributed by atoms with van der Waals surface area (Å²) in [7, 11) is -16.8. The van der Waals surface area contributed by atoms with Crippen molar-refractivity contribution in [2.75, 3.05) is 6.61 Å². The van der Waals surface area contributed by atoms with Crippen LogP contribution in [0, 0.1) is 6.92 Å². The number of halogens is 1. The van der Waals surface area contributed by atoms with Gasteiger partial charge in [-0.05, 0) is 13.3 Å². The molecular formula is C10H16FN2O13P3. The van der Waals surface area contributed by atoms with E-state index in [1.807, 2.05) is 4.98 Å². The average Bonchev–Trinajstić information content (AvgIpc) is 2.88. The van der Waals surface area contributed by atoms with Gasteiger partial charge in [-0.3, -0.25) is 18.9 Å². The maximum Gasteiger partial charge on any atom is 0.490 e. The quantitative estimate of drug-likeness (QED) is 0.311. The Labute approximate surface area is 160 Å². The van der Waals surface area contributed by atoms with Crippen molar-refractivity contribution >= 4 is 23.5 Å². The lowest BCUT2D eigenvalue weighted by Crippen LogP contribution is -2.35. The molecular weight excluding hydrogens is 468 g/mol. The van der Waals surface area contributed by atoms with Crippen molar-refractivity contribution in [2.24, 2.45) is 0 Å². The second kappa shape index (κ2) is 8.25. The molecule has 166 valence electrons. The van der Waals surface area contributed by atoms with Crippen LogP contribution in [-0.2, 0) is 31.6 Å². The van der Waals surface area contributed by atoms with Crippen LogP contribution in [0.1, 0.15) is 24.6 Å². The molecule has 4 atom stereocenters. The fourth-order valence-electron chi connectivity index (χ4n) is 2.28. The van der Waals surface area contributed by atoms with Gasteiger partial charge in [-0.15, -0.1) is 0 Å². The van der Waals surface area contributed by atoms with Gasteiger partial charge in [0.15, 0.2) is 0 Å². The molecule has 2 rings (SSSR count). The van der Waals surface area contributed by atoms with Crippen molar-refractivity contribution in [2.45, 2.75) is 31.8 Å². The van der Waals surface area contributed by atoms with E-state index in [1.165, 1.54) is 6.92 Å². The Hall–Kier alpha value is -1.02. The molecule has 15 nitrogen and oxygen atoms in total. The number of aromatic amines is 1. The smallest absolute Gasteiger partial charge is 0.320 e. The minimum atomic E-state index is -5.74. The fourth-order valence-corrected chi connectivity index (χ4v) is 5.33. The van der Waals surface area contributed by atoms with Gasteiger partial charge >= 0.3 is 29.2 Å². The second-order valence-corrected chi connectivity index (χ2v) is 10.3. The highest BCUT2D eigenvalue weighted by atomic mass is 31.3. The number of hydrogen-bond donors (Lipinski definition) is 5. The van der Waals surface area contributed by atoms with Crippen molar-refractivity contribution in [3.05, 3.63) is 32.6 Å². The van der Waals surface area contributed by atoms with Crippen molar-refractivity contribution in [1.29, 1.82) is 0 Å². The topological polar surface area (TPSA) is 224 Å². The second-order valence-electron chi connectivity index (χ2n) is 5.84. The highest BCUT2D eigenvalue weighted by molar-refractivity contribution is 7.66. The Kier molecular flexibility index (Phi) is 6.90. The Morgan fingerprint density at radius 2 is 1.86 bits per heavy atom. The van der Waals surface area contributed by atoms with E-state index in [0.29, 0.717) is 0 Å². The molecule has 2 heterocycles. The van der Waals surface area contributed by atoms with E-state index in [0.717, 1.165) is 10.8 Å². The van der Waals surface area contributed by atoms with Crippen LogP contribution < -0.4 is 11.2 Å². The summed E-state index contributed by atoms with van der Waals surface area (Å²) in [5.41, 5.74) is -1.40. The molecule has 1 fully saturated rings. The number of nitrogens with one attached hydrogen (secondary N) is 1. The largest absolute Gasteiger partial charge is 0.490 e. The van der Waals surface area contributed by atoms with Crippen LogP contribution in [0.4, 0.5) is 4.39 Å². The molecule has 1 aromatic rings. The Balaban J connectivity index is 2.04. The molecule has 1 saturated heterocycles. The van der Waals surface area contributed by atoms with E-state index in [1.54, 1.807) is 0 Å². The molecule has 0 aromatic carbocycles. The van der Waals surface area contributed by atoms with Crippen LogP contribution in [0.25, 0.3) is 0 Å². The summed E-state index contributed by atoms with van der Waals surface area (Å²) in [4.78, 5) is 60.4. The number of phosphoric acid groups is 3. The first kappa shape index (κ1) is 24.3. The maximum atomic E-state index is 14.7. The van der Waals surface area contributed by atoms with Gasteiger partial charge in [0.2, 0.25) is 5.85 Å². The SMILES string of the molecule is Cc1cn([C@H]2CC[C@@](F)(COP(=O)(O)OP(=O)(O)OP(=O)(O)O)O2)c(=O)[nH]c1=O. The first-order valence-corrected chi connectivity index (χ1v) is 12.0. The molecule has 1 aliphatic heterocycles. The average molecular weight is 484 g/mol. The monoisotopic (exact) mass is 484 g/mol. The number of aryl methyl sites for hydroxylation is 1. The zero-order valence-corrected chi connectivity index (χ0v) is 17.1. The van der Waals surface area contributed by atoms with Crippen molar-refractivity contribution in [1.82, 2.24) is 9.55 Å². The lowest BCUT2D eigenvalue weighted by atomic mass is 10.2.